The fraction of sp³-hybridized carbons (Fsp3) is 0.0588. The number of benzene rings is 2. The lowest BCUT2D eigenvalue weighted by Crippen LogP contribution is -2.12. The summed E-state index contributed by atoms with van der Waals surface area (Å²) >= 11 is 0. The highest BCUT2D eigenvalue weighted by atomic mass is 16.2. The standard InChI is InChI=1S/C17H14N4O/c18-13-2-1-3-15-17(13)20-10-21(15)16(22)9-11-4-5-12-6-7-19-14(12)8-11/h1-8,10,19H,9,18H2. The van der Waals surface area contributed by atoms with Crippen LogP contribution in [0, 0.1) is 0 Å². The van der Waals surface area contributed by atoms with Crippen molar-refractivity contribution in [2.24, 2.45) is 0 Å². The minimum Gasteiger partial charge on any atom is -0.397 e. The third kappa shape index (κ3) is 1.95. The van der Waals surface area contributed by atoms with Gasteiger partial charge >= 0.3 is 0 Å². The van der Waals surface area contributed by atoms with E-state index in [2.05, 4.69) is 9.97 Å². The van der Waals surface area contributed by atoms with Crippen LogP contribution in [0.4, 0.5) is 5.69 Å². The Morgan fingerprint density at radius 2 is 2.14 bits per heavy atom. The molecule has 2 aromatic heterocycles. The van der Waals surface area contributed by atoms with Gasteiger partial charge < -0.3 is 10.7 Å². The fourth-order valence-corrected chi connectivity index (χ4v) is 2.72. The van der Waals surface area contributed by atoms with Gasteiger partial charge in [0, 0.05) is 11.7 Å². The maximum absolute atomic E-state index is 12.5. The molecule has 0 saturated carbocycles. The molecule has 0 bridgehead atoms. The molecule has 0 atom stereocenters. The van der Waals surface area contributed by atoms with Gasteiger partial charge in [0.1, 0.15) is 11.8 Å². The van der Waals surface area contributed by atoms with E-state index in [9.17, 15) is 4.79 Å². The van der Waals surface area contributed by atoms with Crippen LogP contribution >= 0.6 is 0 Å². The van der Waals surface area contributed by atoms with Crippen molar-refractivity contribution in [1.29, 1.82) is 0 Å². The van der Waals surface area contributed by atoms with Gasteiger partial charge in [-0.05, 0) is 35.2 Å². The number of nitrogens with one attached hydrogen (secondary N) is 1. The lowest BCUT2D eigenvalue weighted by Gasteiger charge is -2.04. The van der Waals surface area contributed by atoms with Crippen LogP contribution in [0.2, 0.25) is 0 Å². The van der Waals surface area contributed by atoms with E-state index in [1.807, 2.05) is 42.6 Å². The van der Waals surface area contributed by atoms with Gasteiger partial charge in [-0.2, -0.15) is 0 Å². The van der Waals surface area contributed by atoms with Crippen molar-refractivity contribution in [1.82, 2.24) is 14.5 Å². The van der Waals surface area contributed by atoms with Crippen LogP contribution in [0.3, 0.4) is 0 Å². The lowest BCUT2D eigenvalue weighted by molar-refractivity contribution is 0.0919. The van der Waals surface area contributed by atoms with Crippen molar-refractivity contribution in [2.75, 3.05) is 5.73 Å². The molecular weight excluding hydrogens is 276 g/mol. The van der Waals surface area contributed by atoms with Gasteiger partial charge in [0.2, 0.25) is 5.91 Å². The van der Waals surface area contributed by atoms with Gasteiger partial charge in [0.05, 0.1) is 17.6 Å². The molecule has 4 rings (SSSR count). The first-order valence-corrected chi connectivity index (χ1v) is 7.03. The zero-order valence-electron chi connectivity index (χ0n) is 11.8. The highest BCUT2D eigenvalue weighted by molar-refractivity contribution is 5.96. The number of carbonyl (C=O) groups excluding carboxylic acids is 1. The minimum absolute atomic E-state index is 0.0287. The summed E-state index contributed by atoms with van der Waals surface area (Å²) in [7, 11) is 0. The zero-order valence-corrected chi connectivity index (χ0v) is 11.8. The maximum Gasteiger partial charge on any atom is 0.236 e. The first-order chi connectivity index (χ1) is 10.7. The maximum atomic E-state index is 12.5. The second kappa shape index (κ2) is 4.73. The zero-order chi connectivity index (χ0) is 15.1. The van der Waals surface area contributed by atoms with Crippen molar-refractivity contribution < 1.29 is 4.79 Å². The molecule has 0 aliphatic rings. The summed E-state index contributed by atoms with van der Waals surface area (Å²) in [5.41, 5.74) is 9.86. The Morgan fingerprint density at radius 1 is 1.23 bits per heavy atom. The smallest absolute Gasteiger partial charge is 0.236 e. The predicted molar refractivity (Wildman–Crippen MR) is 86.8 cm³/mol. The van der Waals surface area contributed by atoms with E-state index in [0.29, 0.717) is 17.6 Å². The van der Waals surface area contributed by atoms with E-state index in [4.69, 9.17) is 5.73 Å². The number of fused-ring (bicyclic) bond motifs is 2. The molecule has 108 valence electrons. The molecule has 0 unspecified atom stereocenters. The molecule has 0 saturated heterocycles. The summed E-state index contributed by atoms with van der Waals surface area (Å²) in [6.07, 6.45) is 3.74. The van der Waals surface area contributed by atoms with Crippen LogP contribution < -0.4 is 5.73 Å². The van der Waals surface area contributed by atoms with E-state index in [1.54, 1.807) is 10.6 Å². The van der Waals surface area contributed by atoms with Gasteiger partial charge in [-0.15, -0.1) is 0 Å². The number of anilines is 1. The van der Waals surface area contributed by atoms with Crippen molar-refractivity contribution in [3.63, 3.8) is 0 Å². The number of H-pyrrole nitrogens is 1. The number of para-hydroxylation sites is 1. The monoisotopic (exact) mass is 290 g/mol. The predicted octanol–water partition coefficient (Wildman–Crippen LogP) is 2.98. The minimum atomic E-state index is -0.0287. The Labute approximate surface area is 126 Å². The van der Waals surface area contributed by atoms with Gasteiger partial charge in [-0.25, -0.2) is 4.98 Å². The summed E-state index contributed by atoms with van der Waals surface area (Å²) < 4.78 is 1.56. The first kappa shape index (κ1) is 12.6. The molecule has 2 aromatic carbocycles. The molecular formula is C17H14N4O. The highest BCUT2D eigenvalue weighted by Crippen LogP contribution is 2.20. The normalized spacial score (nSPS) is 11.3. The number of hydrogen-bond acceptors (Lipinski definition) is 3. The van der Waals surface area contributed by atoms with E-state index in [-0.39, 0.29) is 5.91 Å². The van der Waals surface area contributed by atoms with Gasteiger partial charge in [0.15, 0.2) is 0 Å². The molecule has 22 heavy (non-hydrogen) atoms. The Morgan fingerprint density at radius 3 is 3.05 bits per heavy atom. The second-order valence-corrected chi connectivity index (χ2v) is 5.30. The van der Waals surface area contributed by atoms with Gasteiger partial charge in [-0.1, -0.05) is 18.2 Å². The molecule has 5 nitrogen and oxygen atoms in total. The summed E-state index contributed by atoms with van der Waals surface area (Å²) in [6, 6.07) is 13.5. The molecule has 0 radical (unpaired) electrons. The molecule has 0 spiro atoms. The Hall–Kier alpha value is -3.08. The molecule has 0 aliphatic carbocycles. The molecule has 5 heteroatoms. The third-order valence-electron chi connectivity index (χ3n) is 3.85. The lowest BCUT2D eigenvalue weighted by atomic mass is 10.1. The average molecular weight is 290 g/mol. The molecule has 0 fully saturated rings. The van der Waals surface area contributed by atoms with Crippen LogP contribution in [-0.2, 0) is 6.42 Å². The number of nitrogens with two attached hydrogens (primary N) is 1. The van der Waals surface area contributed by atoms with Crippen molar-refractivity contribution in [3.05, 3.63) is 60.6 Å². The SMILES string of the molecule is Nc1cccc2c1ncn2C(=O)Cc1ccc2cc[nH]c2c1. The first-order valence-electron chi connectivity index (χ1n) is 7.03. The Kier molecular flexibility index (Phi) is 2.72. The van der Waals surface area contributed by atoms with Crippen molar-refractivity contribution in [2.45, 2.75) is 6.42 Å². The summed E-state index contributed by atoms with van der Waals surface area (Å²) in [6.45, 7) is 0. The average Bonchev–Trinajstić information content (AvgIpc) is 3.13. The van der Waals surface area contributed by atoms with Crippen molar-refractivity contribution >= 4 is 33.5 Å². The topological polar surface area (TPSA) is 76.7 Å². The molecule has 0 amide bonds. The summed E-state index contributed by atoms with van der Waals surface area (Å²) in [4.78, 5) is 19.9. The van der Waals surface area contributed by atoms with E-state index in [1.165, 1.54) is 6.33 Å². The number of aromatic nitrogens is 3. The number of rotatable bonds is 2. The number of nitrogen functional groups attached to an aromatic ring is 1. The number of carbonyl (C=O) groups is 1. The van der Waals surface area contributed by atoms with Crippen LogP contribution in [-0.4, -0.2) is 20.4 Å². The van der Waals surface area contributed by atoms with Crippen LogP contribution in [0.15, 0.2) is 55.0 Å². The number of nitrogens with zero attached hydrogens (tertiary/aromatic N) is 2. The number of hydrogen-bond donors (Lipinski definition) is 2. The van der Waals surface area contributed by atoms with E-state index >= 15 is 0 Å². The largest absolute Gasteiger partial charge is 0.397 e. The quantitative estimate of drug-likeness (QED) is 0.557. The summed E-state index contributed by atoms with van der Waals surface area (Å²) in [5.74, 6) is -0.0287. The number of aromatic amines is 1. The van der Waals surface area contributed by atoms with Crippen LogP contribution in [0.25, 0.3) is 21.9 Å². The second-order valence-electron chi connectivity index (χ2n) is 5.30. The summed E-state index contributed by atoms with van der Waals surface area (Å²) in [5, 5.41) is 1.14. The van der Waals surface area contributed by atoms with Crippen LogP contribution in [0.5, 0.6) is 0 Å². The molecule has 3 N–H and O–H groups in total. The van der Waals surface area contributed by atoms with Gasteiger partial charge in [-0.3, -0.25) is 9.36 Å². The fourth-order valence-electron chi connectivity index (χ4n) is 2.72. The Bertz CT molecular complexity index is 996. The van der Waals surface area contributed by atoms with E-state index in [0.717, 1.165) is 22.0 Å². The molecule has 0 aliphatic heterocycles. The number of imidazole rings is 1. The van der Waals surface area contributed by atoms with E-state index < -0.39 is 0 Å². The molecule has 2 heterocycles. The van der Waals surface area contributed by atoms with Crippen molar-refractivity contribution in [3.8, 4) is 0 Å². The highest BCUT2D eigenvalue weighted by Gasteiger charge is 2.12. The van der Waals surface area contributed by atoms with Crippen LogP contribution in [0.1, 0.15) is 10.4 Å². The molecule has 4 aromatic rings. The third-order valence-corrected chi connectivity index (χ3v) is 3.85. The Balaban J connectivity index is 1.69. The van der Waals surface area contributed by atoms with Gasteiger partial charge in [0.25, 0.3) is 0 Å².